The van der Waals surface area contributed by atoms with Gasteiger partial charge in [0.15, 0.2) is 0 Å². The summed E-state index contributed by atoms with van der Waals surface area (Å²) in [6.45, 7) is 0.282. The maximum Gasteiger partial charge on any atom is 0.338 e. The lowest BCUT2D eigenvalue weighted by molar-refractivity contribution is -0.117. The van der Waals surface area contributed by atoms with Gasteiger partial charge in [0.1, 0.15) is 0 Å². The second kappa shape index (κ2) is 5.07. The van der Waals surface area contributed by atoms with Crippen LogP contribution in [0.2, 0.25) is 0 Å². The van der Waals surface area contributed by atoms with E-state index in [2.05, 4.69) is 15.9 Å². The summed E-state index contributed by atoms with van der Waals surface area (Å²) in [6, 6.07) is 4.91. The fourth-order valence-corrected chi connectivity index (χ4v) is 2.61. The van der Waals surface area contributed by atoms with Gasteiger partial charge in [0.05, 0.1) is 11.3 Å². The summed E-state index contributed by atoms with van der Waals surface area (Å²) in [5.41, 5.74) is 0.447. The molecule has 6 heteroatoms. The molecular weight excluding hydrogens is 302 g/mol. The molecule has 1 amide bonds. The minimum Gasteiger partial charge on any atom is -0.478 e. The zero-order chi connectivity index (χ0) is 13.3. The monoisotopic (exact) mass is 313 g/mol. The molecule has 5 nitrogen and oxygen atoms in total. The van der Waals surface area contributed by atoms with Gasteiger partial charge in [-0.2, -0.15) is 0 Å². The lowest BCUT2D eigenvalue weighted by Gasteiger charge is -2.19. The Hall–Kier alpha value is -1.40. The number of hydrogen-bond donors (Lipinski definition) is 2. The Morgan fingerprint density at radius 1 is 1.50 bits per heavy atom. The number of carboxylic acids is 1. The van der Waals surface area contributed by atoms with Crippen molar-refractivity contribution >= 4 is 33.5 Å². The van der Waals surface area contributed by atoms with E-state index in [9.17, 15) is 14.7 Å². The number of carbonyl (C=O) groups excluding carboxylic acids is 1. The van der Waals surface area contributed by atoms with Crippen molar-refractivity contribution in [3.8, 4) is 0 Å². The molecule has 0 spiro atoms. The molecule has 1 aliphatic heterocycles. The number of anilines is 1. The van der Waals surface area contributed by atoms with Crippen LogP contribution in [0.5, 0.6) is 0 Å². The Balaban J connectivity index is 2.43. The summed E-state index contributed by atoms with van der Waals surface area (Å²) in [4.78, 5) is 24.5. The van der Waals surface area contributed by atoms with Crippen LogP contribution in [0.15, 0.2) is 22.7 Å². The first-order chi connectivity index (χ1) is 8.54. The largest absolute Gasteiger partial charge is 0.478 e. The molecule has 2 rings (SSSR count). The minimum absolute atomic E-state index is 0.0708. The zero-order valence-corrected chi connectivity index (χ0v) is 11.1. The highest BCUT2D eigenvalue weighted by Crippen LogP contribution is 2.32. The maximum atomic E-state index is 11.8. The SMILES string of the molecule is O=C(O)c1c(Br)cccc1N1CC(CO)CC1=O. The van der Waals surface area contributed by atoms with E-state index < -0.39 is 5.97 Å². The predicted octanol–water partition coefficient (Wildman–Crippen LogP) is 1.49. The third-order valence-corrected chi connectivity index (χ3v) is 3.62. The van der Waals surface area contributed by atoms with E-state index in [1.54, 1.807) is 18.2 Å². The van der Waals surface area contributed by atoms with Crippen LogP contribution in [0.25, 0.3) is 0 Å². The fraction of sp³-hybridized carbons (Fsp3) is 0.333. The van der Waals surface area contributed by atoms with Crippen molar-refractivity contribution in [1.82, 2.24) is 0 Å². The number of nitrogens with zero attached hydrogens (tertiary/aromatic N) is 1. The molecule has 1 atom stereocenters. The topological polar surface area (TPSA) is 77.8 Å². The second-order valence-corrected chi connectivity index (χ2v) is 5.05. The van der Waals surface area contributed by atoms with E-state index in [4.69, 9.17) is 5.11 Å². The van der Waals surface area contributed by atoms with Crippen molar-refractivity contribution in [2.24, 2.45) is 5.92 Å². The zero-order valence-electron chi connectivity index (χ0n) is 9.47. The quantitative estimate of drug-likeness (QED) is 0.886. The van der Waals surface area contributed by atoms with Crippen molar-refractivity contribution in [2.75, 3.05) is 18.1 Å². The number of hydrogen-bond acceptors (Lipinski definition) is 3. The van der Waals surface area contributed by atoms with Gasteiger partial charge < -0.3 is 15.1 Å². The summed E-state index contributed by atoms with van der Waals surface area (Å²) in [5.74, 6) is -1.37. The van der Waals surface area contributed by atoms with E-state index in [1.807, 2.05) is 0 Å². The summed E-state index contributed by atoms with van der Waals surface area (Å²) in [7, 11) is 0. The van der Waals surface area contributed by atoms with Gasteiger partial charge in [-0.1, -0.05) is 6.07 Å². The Labute approximate surface area is 112 Å². The summed E-state index contributed by atoms with van der Waals surface area (Å²) >= 11 is 3.18. The molecule has 0 saturated carbocycles. The standard InChI is InChI=1S/C12H12BrNO4/c13-8-2-1-3-9(11(8)12(17)18)14-5-7(6-15)4-10(14)16/h1-3,7,15H,4-6H2,(H,17,18). The van der Waals surface area contributed by atoms with Gasteiger partial charge in [0, 0.05) is 30.0 Å². The molecule has 0 aliphatic carbocycles. The summed E-state index contributed by atoms with van der Waals surface area (Å²) < 4.78 is 0.438. The van der Waals surface area contributed by atoms with Crippen molar-refractivity contribution in [2.45, 2.75) is 6.42 Å². The maximum absolute atomic E-state index is 11.8. The molecule has 1 heterocycles. The van der Waals surface area contributed by atoms with Crippen molar-refractivity contribution in [3.05, 3.63) is 28.2 Å². The molecule has 1 unspecified atom stereocenters. The highest BCUT2D eigenvalue weighted by Gasteiger charge is 2.32. The molecule has 1 fully saturated rings. The fourth-order valence-electron chi connectivity index (χ4n) is 2.09. The van der Waals surface area contributed by atoms with Crippen LogP contribution in [0.4, 0.5) is 5.69 Å². The first kappa shape index (κ1) is 13.0. The van der Waals surface area contributed by atoms with Crippen LogP contribution in [0.1, 0.15) is 16.8 Å². The molecule has 18 heavy (non-hydrogen) atoms. The van der Waals surface area contributed by atoms with Crippen LogP contribution < -0.4 is 4.90 Å². The number of rotatable bonds is 3. The molecule has 96 valence electrons. The molecule has 2 N–H and O–H groups in total. The van der Waals surface area contributed by atoms with Gasteiger partial charge in [-0.25, -0.2) is 4.79 Å². The van der Waals surface area contributed by atoms with Crippen LogP contribution in [-0.2, 0) is 4.79 Å². The van der Waals surface area contributed by atoms with E-state index >= 15 is 0 Å². The van der Waals surface area contributed by atoms with Gasteiger partial charge in [-0.15, -0.1) is 0 Å². The predicted molar refractivity (Wildman–Crippen MR) is 68.6 cm³/mol. The van der Waals surface area contributed by atoms with E-state index in [0.29, 0.717) is 16.7 Å². The highest BCUT2D eigenvalue weighted by molar-refractivity contribution is 9.10. The molecule has 0 aromatic heterocycles. The Morgan fingerprint density at radius 3 is 2.78 bits per heavy atom. The molecular formula is C12H12BrNO4. The normalized spacial score (nSPS) is 19.3. The minimum atomic E-state index is -1.09. The lowest BCUT2D eigenvalue weighted by atomic mass is 10.1. The summed E-state index contributed by atoms with van der Waals surface area (Å²) in [6.07, 6.45) is 0.252. The number of aromatic carboxylic acids is 1. The third-order valence-electron chi connectivity index (χ3n) is 2.96. The van der Waals surface area contributed by atoms with Gasteiger partial charge >= 0.3 is 5.97 Å². The van der Waals surface area contributed by atoms with Crippen molar-refractivity contribution < 1.29 is 19.8 Å². The van der Waals surface area contributed by atoms with Crippen LogP contribution in [0.3, 0.4) is 0 Å². The first-order valence-electron chi connectivity index (χ1n) is 5.47. The lowest BCUT2D eigenvalue weighted by Crippen LogP contribution is -2.27. The van der Waals surface area contributed by atoms with Crippen molar-refractivity contribution in [1.29, 1.82) is 0 Å². The average molecular weight is 314 g/mol. The smallest absolute Gasteiger partial charge is 0.338 e. The van der Waals surface area contributed by atoms with Crippen molar-refractivity contribution in [3.63, 3.8) is 0 Å². The first-order valence-corrected chi connectivity index (χ1v) is 6.27. The van der Waals surface area contributed by atoms with Crippen LogP contribution in [-0.4, -0.2) is 35.2 Å². The van der Waals surface area contributed by atoms with Gasteiger partial charge in [0.2, 0.25) is 5.91 Å². The van der Waals surface area contributed by atoms with E-state index in [1.165, 1.54) is 4.90 Å². The second-order valence-electron chi connectivity index (χ2n) is 4.20. The average Bonchev–Trinajstić information content (AvgIpc) is 2.69. The van der Waals surface area contributed by atoms with Gasteiger partial charge in [0.25, 0.3) is 0 Å². The molecule has 1 aromatic carbocycles. The Kier molecular flexibility index (Phi) is 3.68. The van der Waals surface area contributed by atoms with Gasteiger partial charge in [-0.3, -0.25) is 4.79 Å². The van der Waals surface area contributed by atoms with Crippen LogP contribution >= 0.6 is 15.9 Å². The number of carbonyl (C=O) groups is 2. The van der Waals surface area contributed by atoms with E-state index in [-0.39, 0.29) is 30.4 Å². The van der Waals surface area contributed by atoms with E-state index in [0.717, 1.165) is 0 Å². The molecule has 0 bridgehead atoms. The Bertz CT molecular complexity index is 503. The number of aliphatic hydroxyl groups is 1. The highest BCUT2D eigenvalue weighted by atomic mass is 79.9. The van der Waals surface area contributed by atoms with Gasteiger partial charge in [-0.05, 0) is 28.1 Å². The number of halogens is 1. The Morgan fingerprint density at radius 2 is 2.22 bits per heavy atom. The molecule has 1 aromatic rings. The number of carboxylic acid groups (broad SMARTS) is 1. The number of amides is 1. The molecule has 1 saturated heterocycles. The molecule has 0 radical (unpaired) electrons. The summed E-state index contributed by atoms with van der Waals surface area (Å²) in [5, 5.41) is 18.3. The molecule has 1 aliphatic rings. The number of aliphatic hydroxyl groups excluding tert-OH is 1. The third kappa shape index (κ3) is 2.26. The van der Waals surface area contributed by atoms with Crippen LogP contribution in [0, 0.1) is 5.92 Å². The number of benzene rings is 1.